The van der Waals surface area contributed by atoms with Crippen LogP contribution >= 0.6 is 0 Å². The van der Waals surface area contributed by atoms with E-state index >= 15 is 0 Å². The molecule has 0 aliphatic carbocycles. The molecule has 10 nitrogen and oxygen atoms in total. The first-order valence-electron chi connectivity index (χ1n) is 9.67. The quantitative estimate of drug-likeness (QED) is 0.503. The van der Waals surface area contributed by atoms with E-state index in [9.17, 15) is 13.6 Å². The van der Waals surface area contributed by atoms with Crippen LogP contribution < -0.4 is 15.4 Å². The maximum atomic E-state index is 12.4. The van der Waals surface area contributed by atoms with Gasteiger partial charge in [0, 0.05) is 48.8 Å². The number of likely N-dealkylation sites (tertiary alicyclic amines) is 1. The molecule has 0 saturated carbocycles. The third-order valence-electron chi connectivity index (χ3n) is 4.71. The second kappa shape index (κ2) is 9.37. The maximum absolute atomic E-state index is 12.4. The summed E-state index contributed by atoms with van der Waals surface area (Å²) in [5.41, 5.74) is 1.66. The van der Waals surface area contributed by atoms with Gasteiger partial charge in [0.25, 0.3) is 0 Å². The number of alkyl halides is 2. The first-order chi connectivity index (χ1) is 15.5. The van der Waals surface area contributed by atoms with Gasteiger partial charge >= 0.3 is 12.7 Å². The molecular weight excluding hydrogens is 424 g/mol. The molecule has 3 heterocycles. The van der Waals surface area contributed by atoms with E-state index in [1.54, 1.807) is 36.9 Å². The van der Waals surface area contributed by atoms with E-state index < -0.39 is 12.7 Å². The van der Waals surface area contributed by atoms with E-state index in [0.717, 1.165) is 0 Å². The second-order valence-corrected chi connectivity index (χ2v) is 6.97. The van der Waals surface area contributed by atoms with Crippen LogP contribution in [0.25, 0.3) is 11.3 Å². The van der Waals surface area contributed by atoms with Crippen LogP contribution in [0.3, 0.4) is 0 Å². The Labute approximate surface area is 181 Å². The van der Waals surface area contributed by atoms with Crippen LogP contribution in [0.15, 0.2) is 49.1 Å². The van der Waals surface area contributed by atoms with E-state index in [2.05, 4.69) is 35.3 Å². The number of halogens is 2. The molecule has 4 rings (SSSR count). The van der Waals surface area contributed by atoms with Gasteiger partial charge in [0.05, 0.1) is 18.1 Å². The van der Waals surface area contributed by atoms with Crippen molar-refractivity contribution in [3.63, 3.8) is 0 Å². The fourth-order valence-corrected chi connectivity index (χ4v) is 3.24. The lowest BCUT2D eigenvalue weighted by atomic mass is 10.2. The molecule has 2 aromatic heterocycles. The van der Waals surface area contributed by atoms with Crippen molar-refractivity contribution in [2.24, 2.45) is 0 Å². The molecule has 1 aliphatic heterocycles. The smallest absolute Gasteiger partial charge is 0.407 e. The lowest BCUT2D eigenvalue weighted by molar-refractivity contribution is -0.0498. The van der Waals surface area contributed by atoms with Crippen LogP contribution in [0, 0.1) is 0 Å². The van der Waals surface area contributed by atoms with Crippen molar-refractivity contribution in [3.8, 4) is 17.0 Å². The molecule has 0 bridgehead atoms. The molecule has 1 atom stereocenters. The summed E-state index contributed by atoms with van der Waals surface area (Å²) in [6.45, 7) is -2.05. The molecule has 3 N–H and O–H groups in total. The fraction of sp³-hybridized carbons (Fsp3) is 0.250. The number of amides is 1. The van der Waals surface area contributed by atoms with Crippen molar-refractivity contribution in [3.05, 3.63) is 49.1 Å². The minimum Gasteiger partial charge on any atom is -0.465 e. The second-order valence-electron chi connectivity index (χ2n) is 6.97. The molecular formula is C20H19F2N7O3. The zero-order valence-electron chi connectivity index (χ0n) is 16.7. The van der Waals surface area contributed by atoms with E-state index in [-0.39, 0.29) is 17.7 Å². The minimum atomic E-state index is -2.91. The average molecular weight is 443 g/mol. The van der Waals surface area contributed by atoms with Crippen molar-refractivity contribution >= 4 is 23.5 Å². The summed E-state index contributed by atoms with van der Waals surface area (Å²) in [7, 11) is 0. The summed E-state index contributed by atoms with van der Waals surface area (Å²) in [6, 6.07) is 6.04. The highest BCUT2D eigenvalue weighted by Gasteiger charge is 2.26. The zero-order valence-corrected chi connectivity index (χ0v) is 16.7. The molecule has 0 spiro atoms. The first kappa shape index (κ1) is 21.2. The minimum absolute atomic E-state index is 0.0231. The molecule has 166 valence electrons. The molecule has 1 aliphatic rings. The molecule has 3 aromatic rings. The van der Waals surface area contributed by atoms with E-state index in [0.29, 0.717) is 42.3 Å². The largest absolute Gasteiger partial charge is 0.465 e. The Morgan fingerprint density at radius 1 is 1.22 bits per heavy atom. The number of nitrogens with zero attached hydrogens (tertiary/aromatic N) is 5. The van der Waals surface area contributed by atoms with Gasteiger partial charge in [-0.3, -0.25) is 4.98 Å². The summed E-state index contributed by atoms with van der Waals surface area (Å²) in [5, 5.41) is 15.2. The van der Waals surface area contributed by atoms with Crippen LogP contribution in [0.1, 0.15) is 6.42 Å². The van der Waals surface area contributed by atoms with Gasteiger partial charge in [-0.25, -0.2) is 19.7 Å². The Bertz CT molecular complexity index is 1080. The summed E-state index contributed by atoms with van der Waals surface area (Å²) >= 11 is 0. The Balaban J connectivity index is 1.41. The number of hydrogen-bond acceptors (Lipinski definition) is 8. The van der Waals surface area contributed by atoms with Crippen LogP contribution in [0.4, 0.5) is 31.0 Å². The highest BCUT2D eigenvalue weighted by molar-refractivity contribution is 5.65. The molecule has 0 unspecified atom stereocenters. The molecule has 1 saturated heterocycles. The van der Waals surface area contributed by atoms with E-state index in [1.165, 1.54) is 17.0 Å². The maximum Gasteiger partial charge on any atom is 0.407 e. The van der Waals surface area contributed by atoms with Crippen molar-refractivity contribution < 1.29 is 23.4 Å². The molecule has 1 aromatic carbocycles. The number of carboxylic acid groups (broad SMARTS) is 1. The zero-order chi connectivity index (χ0) is 22.5. The summed E-state index contributed by atoms with van der Waals surface area (Å²) in [6.07, 6.45) is 6.01. The third-order valence-corrected chi connectivity index (χ3v) is 4.71. The number of carbonyl (C=O) groups is 1. The highest BCUT2D eigenvalue weighted by atomic mass is 19.3. The Hall–Kier alpha value is -4.09. The van der Waals surface area contributed by atoms with Gasteiger partial charge < -0.3 is 25.4 Å². The summed E-state index contributed by atoms with van der Waals surface area (Å²) in [5.74, 6) is 0.817. The Kier molecular flexibility index (Phi) is 6.19. The lowest BCUT2D eigenvalue weighted by Crippen LogP contribution is -2.30. The monoisotopic (exact) mass is 443 g/mol. The number of rotatable bonds is 7. The predicted octanol–water partition coefficient (Wildman–Crippen LogP) is 3.44. The molecule has 0 radical (unpaired) electrons. The molecule has 32 heavy (non-hydrogen) atoms. The van der Waals surface area contributed by atoms with Crippen LogP contribution in [-0.2, 0) is 0 Å². The van der Waals surface area contributed by atoms with Crippen LogP contribution in [0.5, 0.6) is 5.75 Å². The number of nitrogens with one attached hydrogen (secondary N) is 2. The van der Waals surface area contributed by atoms with E-state index in [4.69, 9.17) is 5.11 Å². The Morgan fingerprint density at radius 3 is 2.75 bits per heavy atom. The number of benzene rings is 1. The average Bonchev–Trinajstić information content (AvgIpc) is 3.23. The van der Waals surface area contributed by atoms with Crippen LogP contribution in [0.2, 0.25) is 0 Å². The predicted molar refractivity (Wildman–Crippen MR) is 111 cm³/mol. The number of ether oxygens (including phenoxy) is 1. The normalized spacial score (nSPS) is 15.6. The molecule has 1 amide bonds. The van der Waals surface area contributed by atoms with Gasteiger partial charge in [-0.2, -0.15) is 8.78 Å². The number of aromatic nitrogens is 4. The van der Waals surface area contributed by atoms with Crippen LogP contribution in [-0.4, -0.2) is 61.8 Å². The number of anilines is 3. The van der Waals surface area contributed by atoms with Gasteiger partial charge in [-0.15, -0.1) is 0 Å². The molecule has 1 fully saturated rings. The summed E-state index contributed by atoms with van der Waals surface area (Å²) in [4.78, 5) is 29.6. The van der Waals surface area contributed by atoms with Crippen molar-refractivity contribution in [2.75, 3.05) is 23.7 Å². The van der Waals surface area contributed by atoms with Gasteiger partial charge in [0.15, 0.2) is 0 Å². The summed E-state index contributed by atoms with van der Waals surface area (Å²) < 4.78 is 29.1. The highest BCUT2D eigenvalue weighted by Crippen LogP contribution is 2.23. The number of hydrogen-bond donors (Lipinski definition) is 3. The van der Waals surface area contributed by atoms with Crippen molar-refractivity contribution in [1.82, 2.24) is 24.8 Å². The molecule has 12 heteroatoms. The van der Waals surface area contributed by atoms with Crippen molar-refractivity contribution in [2.45, 2.75) is 19.1 Å². The Morgan fingerprint density at radius 2 is 2.03 bits per heavy atom. The fourth-order valence-electron chi connectivity index (χ4n) is 3.24. The first-order valence-corrected chi connectivity index (χ1v) is 9.67. The lowest BCUT2D eigenvalue weighted by Gasteiger charge is -2.14. The van der Waals surface area contributed by atoms with Crippen molar-refractivity contribution in [1.29, 1.82) is 0 Å². The standard InChI is InChI=1S/C20H19F2N7O3/c21-18(22)32-15-3-1-2-13(6-15)27-19-24-7-12(8-25-19)16-9-23-10-17(28-16)26-14-4-5-29(11-14)20(30)31/h1-3,6-10,14,18H,4-5,11H2,(H,26,28)(H,30,31)(H,24,25,27)/t14-/m0/s1. The van der Waals surface area contributed by atoms with E-state index in [1.807, 2.05) is 0 Å². The third kappa shape index (κ3) is 5.33. The van der Waals surface area contributed by atoms with Gasteiger partial charge in [0.1, 0.15) is 11.6 Å². The van der Waals surface area contributed by atoms with Gasteiger partial charge in [0.2, 0.25) is 5.95 Å². The SMILES string of the molecule is O=C(O)N1CC[C@H](Nc2cncc(-c3cnc(Nc4cccc(OC(F)F)c4)nc3)n2)C1. The van der Waals surface area contributed by atoms with Gasteiger partial charge in [-0.05, 0) is 18.6 Å². The topological polar surface area (TPSA) is 125 Å². The van der Waals surface area contributed by atoms with Gasteiger partial charge in [-0.1, -0.05) is 6.07 Å².